The topological polar surface area (TPSA) is 46.0 Å². The molecule has 0 aliphatic carbocycles. The smallest absolute Gasteiger partial charge is 0.119 e. The molecular formula is C7H10N2OS. The first-order valence-corrected chi connectivity index (χ1v) is 4.43. The molecule has 3 nitrogen and oxygen atoms in total. The van der Waals surface area contributed by atoms with E-state index in [0.717, 1.165) is 17.2 Å². The molecule has 0 aliphatic heterocycles. The molecule has 0 radical (unpaired) electrons. The first-order chi connectivity index (χ1) is 5.43. The maximum atomic E-state index is 8.49. The molecular weight excluding hydrogens is 160 g/mol. The lowest BCUT2D eigenvalue weighted by Crippen LogP contribution is -1.87. The summed E-state index contributed by atoms with van der Waals surface area (Å²) in [4.78, 5) is 0. The highest BCUT2D eigenvalue weighted by Gasteiger charge is 1.92. The van der Waals surface area contributed by atoms with Crippen LogP contribution in [0.1, 0.15) is 6.42 Å². The van der Waals surface area contributed by atoms with E-state index in [4.69, 9.17) is 5.11 Å². The van der Waals surface area contributed by atoms with E-state index in [0.29, 0.717) is 0 Å². The lowest BCUT2D eigenvalue weighted by atomic mass is 10.5. The molecule has 0 spiro atoms. The molecule has 0 bridgehead atoms. The van der Waals surface area contributed by atoms with Crippen LogP contribution in [-0.4, -0.2) is 27.7 Å². The second-order valence-electron chi connectivity index (χ2n) is 1.99. The van der Waals surface area contributed by atoms with Crippen LogP contribution in [0.25, 0.3) is 0 Å². The molecule has 0 saturated heterocycles. The van der Waals surface area contributed by atoms with Crippen LogP contribution in [0.4, 0.5) is 0 Å². The Morgan fingerprint density at radius 2 is 2.45 bits per heavy atom. The van der Waals surface area contributed by atoms with Crippen LogP contribution in [0.15, 0.2) is 23.4 Å². The highest BCUT2D eigenvalue weighted by molar-refractivity contribution is 7.99. The molecule has 1 aromatic heterocycles. The fourth-order valence-corrected chi connectivity index (χ4v) is 1.37. The Bertz CT molecular complexity index is 193. The Hall–Kier alpha value is -0.610. The highest BCUT2D eigenvalue weighted by Crippen LogP contribution is 2.13. The first-order valence-electron chi connectivity index (χ1n) is 3.45. The number of aromatic nitrogens is 2. The van der Waals surface area contributed by atoms with Gasteiger partial charge < -0.3 is 5.11 Å². The van der Waals surface area contributed by atoms with E-state index in [-0.39, 0.29) is 6.61 Å². The van der Waals surface area contributed by atoms with Crippen LogP contribution in [0, 0.1) is 0 Å². The predicted octanol–water partition coefficient (Wildman–Crippen LogP) is 0.951. The van der Waals surface area contributed by atoms with Gasteiger partial charge in [-0.05, 0) is 18.6 Å². The molecule has 60 valence electrons. The first kappa shape index (κ1) is 8.49. The van der Waals surface area contributed by atoms with Crippen LogP contribution in [-0.2, 0) is 0 Å². The zero-order valence-electron chi connectivity index (χ0n) is 6.10. The Balaban J connectivity index is 2.28. The zero-order valence-corrected chi connectivity index (χ0v) is 6.92. The van der Waals surface area contributed by atoms with Gasteiger partial charge in [-0.1, -0.05) is 0 Å². The molecule has 0 atom stereocenters. The number of hydrogen-bond acceptors (Lipinski definition) is 4. The lowest BCUT2D eigenvalue weighted by molar-refractivity contribution is 0.296. The molecule has 0 aliphatic rings. The molecule has 0 fully saturated rings. The van der Waals surface area contributed by atoms with Crippen molar-refractivity contribution in [3.05, 3.63) is 18.3 Å². The summed E-state index contributed by atoms with van der Waals surface area (Å²) in [7, 11) is 0. The summed E-state index contributed by atoms with van der Waals surface area (Å²) in [6, 6.07) is 3.77. The minimum atomic E-state index is 0.243. The van der Waals surface area contributed by atoms with E-state index in [2.05, 4.69) is 10.2 Å². The van der Waals surface area contributed by atoms with Crippen LogP contribution >= 0.6 is 11.8 Å². The number of aliphatic hydroxyl groups excluding tert-OH is 1. The van der Waals surface area contributed by atoms with Crippen molar-refractivity contribution in [2.24, 2.45) is 0 Å². The molecule has 1 heterocycles. The van der Waals surface area contributed by atoms with E-state index in [9.17, 15) is 0 Å². The Labute approximate surface area is 69.9 Å². The normalized spacial score (nSPS) is 9.91. The van der Waals surface area contributed by atoms with Crippen molar-refractivity contribution in [3.63, 3.8) is 0 Å². The van der Waals surface area contributed by atoms with Gasteiger partial charge >= 0.3 is 0 Å². The van der Waals surface area contributed by atoms with E-state index in [1.807, 2.05) is 12.1 Å². The Kier molecular flexibility index (Phi) is 3.93. The molecule has 11 heavy (non-hydrogen) atoms. The summed E-state index contributed by atoms with van der Waals surface area (Å²) in [5.74, 6) is 0.898. The van der Waals surface area contributed by atoms with E-state index >= 15 is 0 Å². The summed E-state index contributed by atoms with van der Waals surface area (Å²) < 4.78 is 0. The Morgan fingerprint density at radius 1 is 1.55 bits per heavy atom. The summed E-state index contributed by atoms with van der Waals surface area (Å²) in [6.07, 6.45) is 2.46. The summed E-state index contributed by atoms with van der Waals surface area (Å²) in [5.41, 5.74) is 0. The van der Waals surface area contributed by atoms with E-state index < -0.39 is 0 Å². The maximum absolute atomic E-state index is 8.49. The van der Waals surface area contributed by atoms with Crippen molar-refractivity contribution in [1.82, 2.24) is 10.2 Å². The molecule has 4 heteroatoms. The van der Waals surface area contributed by atoms with Gasteiger partial charge in [-0.15, -0.1) is 16.9 Å². The quantitative estimate of drug-likeness (QED) is 0.540. The number of rotatable bonds is 4. The van der Waals surface area contributed by atoms with E-state index in [1.54, 1.807) is 18.0 Å². The molecule has 1 rings (SSSR count). The lowest BCUT2D eigenvalue weighted by Gasteiger charge is -1.95. The third-order valence-electron chi connectivity index (χ3n) is 1.10. The second-order valence-corrected chi connectivity index (χ2v) is 3.10. The van der Waals surface area contributed by atoms with Crippen LogP contribution in [0.3, 0.4) is 0 Å². The average Bonchev–Trinajstić information content (AvgIpc) is 2.07. The number of nitrogens with zero attached hydrogens (tertiary/aromatic N) is 2. The van der Waals surface area contributed by atoms with Gasteiger partial charge in [-0.2, -0.15) is 5.10 Å². The van der Waals surface area contributed by atoms with E-state index in [1.165, 1.54) is 0 Å². The summed E-state index contributed by atoms with van der Waals surface area (Å²) in [6.45, 7) is 0.243. The van der Waals surface area contributed by atoms with Gasteiger partial charge in [0.15, 0.2) is 0 Å². The van der Waals surface area contributed by atoms with Crippen LogP contribution < -0.4 is 0 Å². The third-order valence-corrected chi connectivity index (χ3v) is 2.11. The van der Waals surface area contributed by atoms with Gasteiger partial charge in [0.25, 0.3) is 0 Å². The highest BCUT2D eigenvalue weighted by atomic mass is 32.2. The van der Waals surface area contributed by atoms with Gasteiger partial charge in [-0.25, -0.2) is 0 Å². The van der Waals surface area contributed by atoms with Crippen molar-refractivity contribution in [2.45, 2.75) is 11.4 Å². The van der Waals surface area contributed by atoms with Gasteiger partial charge in [0, 0.05) is 18.6 Å². The second kappa shape index (κ2) is 5.09. The fraction of sp³-hybridized carbons (Fsp3) is 0.429. The molecule has 0 aromatic carbocycles. The standard InChI is InChI=1S/C7H10N2OS/c10-5-2-6-11-7-3-1-4-8-9-7/h1,3-4,10H,2,5-6H2. The molecule has 0 amide bonds. The molecule has 1 aromatic rings. The molecule has 1 N–H and O–H groups in total. The average molecular weight is 170 g/mol. The number of hydrogen-bond donors (Lipinski definition) is 1. The Morgan fingerprint density at radius 3 is 3.09 bits per heavy atom. The van der Waals surface area contributed by atoms with Gasteiger partial charge in [-0.3, -0.25) is 0 Å². The van der Waals surface area contributed by atoms with Crippen molar-refractivity contribution < 1.29 is 5.11 Å². The van der Waals surface area contributed by atoms with Gasteiger partial charge in [0.05, 0.1) is 0 Å². The largest absolute Gasteiger partial charge is 0.396 e. The van der Waals surface area contributed by atoms with Gasteiger partial charge in [0.2, 0.25) is 0 Å². The van der Waals surface area contributed by atoms with Crippen LogP contribution in [0.5, 0.6) is 0 Å². The van der Waals surface area contributed by atoms with Crippen molar-refractivity contribution in [1.29, 1.82) is 0 Å². The van der Waals surface area contributed by atoms with Gasteiger partial charge in [0.1, 0.15) is 5.03 Å². The molecule has 0 saturated carbocycles. The van der Waals surface area contributed by atoms with Crippen LogP contribution in [0.2, 0.25) is 0 Å². The zero-order chi connectivity index (χ0) is 7.94. The predicted molar refractivity (Wildman–Crippen MR) is 44.5 cm³/mol. The third kappa shape index (κ3) is 3.34. The minimum absolute atomic E-state index is 0.243. The fourth-order valence-electron chi connectivity index (χ4n) is 0.606. The van der Waals surface area contributed by atoms with Crippen molar-refractivity contribution >= 4 is 11.8 Å². The van der Waals surface area contributed by atoms with Crippen molar-refractivity contribution in [3.8, 4) is 0 Å². The molecule has 0 unspecified atom stereocenters. The maximum Gasteiger partial charge on any atom is 0.119 e. The number of thioether (sulfide) groups is 1. The summed E-state index contributed by atoms with van der Waals surface area (Å²) >= 11 is 1.61. The monoisotopic (exact) mass is 170 g/mol. The SMILES string of the molecule is OCCCSc1cccnn1. The van der Waals surface area contributed by atoms with Crippen molar-refractivity contribution in [2.75, 3.05) is 12.4 Å². The minimum Gasteiger partial charge on any atom is -0.396 e. The summed E-state index contributed by atoms with van der Waals surface area (Å²) in [5, 5.41) is 17.0. The number of aliphatic hydroxyl groups is 1.